The third kappa shape index (κ3) is 5.40. The molecule has 19 heavy (non-hydrogen) atoms. The van der Waals surface area contributed by atoms with Crippen molar-refractivity contribution in [3.05, 3.63) is 34.4 Å². The predicted molar refractivity (Wildman–Crippen MR) is 71.7 cm³/mol. The summed E-state index contributed by atoms with van der Waals surface area (Å²) in [4.78, 5) is 31.7. The van der Waals surface area contributed by atoms with Crippen LogP contribution in [-0.4, -0.2) is 53.0 Å². The Morgan fingerprint density at radius 2 is 1.79 bits per heavy atom. The average Bonchev–Trinajstić information content (AvgIpc) is 2.26. The van der Waals surface area contributed by atoms with Crippen molar-refractivity contribution in [3.8, 4) is 0 Å². The van der Waals surface area contributed by atoms with E-state index in [4.69, 9.17) is 0 Å². The number of benzene rings is 1. The third-order valence-electron chi connectivity index (χ3n) is 2.15. The normalized spacial score (nSPS) is 12.4. The van der Waals surface area contributed by atoms with Crippen LogP contribution in [0.5, 0.6) is 0 Å². The number of likely N-dealkylation sites (N-methyl/N-ethyl adjacent to an activating group) is 1. The molecule has 2 N–H and O–H groups in total. The molecule has 0 aromatic heterocycles. The summed E-state index contributed by atoms with van der Waals surface area (Å²) in [5.74, 6) is 0. The second-order valence-corrected chi connectivity index (χ2v) is 6.57. The molecule has 0 saturated carbocycles. The Bertz CT molecular complexity index is 455. The van der Waals surface area contributed by atoms with Crippen molar-refractivity contribution in [1.29, 1.82) is 0 Å². The summed E-state index contributed by atoms with van der Waals surface area (Å²) in [6, 6.07) is 5.44. The maximum Gasteiger partial charge on any atom is 0.269 e. The van der Waals surface area contributed by atoms with Crippen molar-refractivity contribution in [1.82, 2.24) is 0 Å². The van der Waals surface area contributed by atoms with Crippen LogP contribution in [0.3, 0.4) is 0 Å². The summed E-state index contributed by atoms with van der Waals surface area (Å²) >= 11 is 0. The van der Waals surface area contributed by atoms with E-state index in [2.05, 4.69) is 0 Å². The van der Waals surface area contributed by atoms with Crippen LogP contribution in [0.1, 0.15) is 0 Å². The first-order chi connectivity index (χ1) is 8.20. The van der Waals surface area contributed by atoms with E-state index in [1.165, 1.54) is 24.3 Å². The maximum absolute atomic E-state index is 11.8. The Labute approximate surface area is 112 Å². The molecule has 0 aliphatic carbocycles. The molecule has 106 valence electrons. The van der Waals surface area contributed by atoms with E-state index in [-0.39, 0.29) is 23.2 Å². The smallest absolute Gasteiger partial charge is 0.269 e. The van der Waals surface area contributed by atoms with Crippen LogP contribution in [0.4, 0.5) is 5.69 Å². The van der Waals surface area contributed by atoms with E-state index in [1.807, 2.05) is 21.1 Å². The van der Waals surface area contributed by atoms with Gasteiger partial charge in [0, 0.05) is 17.4 Å². The van der Waals surface area contributed by atoms with E-state index < -0.39 is 13.1 Å². The van der Waals surface area contributed by atoms with Gasteiger partial charge < -0.3 is 14.9 Å². The second-order valence-electron chi connectivity index (χ2n) is 4.93. The van der Waals surface area contributed by atoms with Gasteiger partial charge in [0.15, 0.2) is 0 Å². The highest BCUT2D eigenvalue weighted by atomic mass is 31.1. The van der Waals surface area contributed by atoms with E-state index in [1.54, 1.807) is 0 Å². The summed E-state index contributed by atoms with van der Waals surface area (Å²) in [5.41, 5.74) is -0.299. The number of hydrogen-bond acceptors (Lipinski definition) is 5. The highest BCUT2D eigenvalue weighted by Crippen LogP contribution is 2.31. The summed E-state index contributed by atoms with van der Waals surface area (Å²) in [5, 5.41) is 10.9. The molecule has 0 radical (unpaired) electrons. The van der Waals surface area contributed by atoms with Crippen molar-refractivity contribution in [2.75, 3.05) is 27.7 Å². The molecule has 1 atom stereocenters. The van der Waals surface area contributed by atoms with Crippen LogP contribution in [-0.2, 0) is 4.79 Å². The van der Waals surface area contributed by atoms with Gasteiger partial charge in [0.1, 0.15) is 14.7 Å². The lowest BCUT2D eigenvalue weighted by atomic mass is 10.3. The lowest BCUT2D eigenvalue weighted by Crippen LogP contribution is -2.39. The van der Waals surface area contributed by atoms with Crippen LogP contribution < -0.4 is 5.30 Å². The lowest BCUT2D eigenvalue weighted by Gasteiger charge is -2.23. The summed E-state index contributed by atoms with van der Waals surface area (Å²) in [7, 11) is 3.66. The molecule has 1 unspecified atom stereocenters. The van der Waals surface area contributed by atoms with Gasteiger partial charge >= 0.3 is 0 Å². The quantitative estimate of drug-likeness (QED) is 0.370. The molecule has 0 fully saturated rings. The number of nitrogens with zero attached hydrogens (tertiary/aromatic N) is 2. The molecule has 0 amide bonds. The fourth-order valence-electron chi connectivity index (χ4n) is 1.33. The molecule has 0 bridgehead atoms. The number of carbonyl (C=O) groups excluding carboxylic acids is 1. The van der Waals surface area contributed by atoms with Crippen molar-refractivity contribution >= 4 is 24.7 Å². The molecule has 1 rings (SSSR count). The second kappa shape index (κ2) is 6.68. The minimum atomic E-state index is -1.91. The number of nitro groups is 1. The number of rotatable bonds is 5. The van der Waals surface area contributed by atoms with Gasteiger partial charge in [-0.05, 0) is 12.1 Å². The predicted octanol–water partition coefficient (Wildman–Crippen LogP) is 0.665. The Hall–Kier alpha value is -1.40. The monoisotopic (exact) mass is 288 g/mol. The van der Waals surface area contributed by atoms with Gasteiger partial charge in [-0.2, -0.15) is 0 Å². The SMILES string of the molecule is C[N+](C)(C)CC(=O)P(O)c1ccc([N+](=O)[O-])cc1.[OH-]. The van der Waals surface area contributed by atoms with Gasteiger partial charge in [0.25, 0.3) is 5.69 Å². The van der Waals surface area contributed by atoms with Gasteiger partial charge in [-0.3, -0.25) is 14.9 Å². The zero-order valence-corrected chi connectivity index (χ0v) is 11.9. The zero-order valence-electron chi connectivity index (χ0n) is 11.0. The van der Waals surface area contributed by atoms with Gasteiger partial charge in [0.2, 0.25) is 5.52 Å². The van der Waals surface area contributed by atoms with E-state index in [0.29, 0.717) is 9.79 Å². The summed E-state index contributed by atoms with van der Waals surface area (Å²) in [6.45, 7) is 0.221. The van der Waals surface area contributed by atoms with Crippen LogP contribution >= 0.6 is 8.15 Å². The molecular weight excluding hydrogens is 271 g/mol. The molecule has 0 saturated heterocycles. The summed E-state index contributed by atoms with van der Waals surface area (Å²) < 4.78 is 0.436. The fourth-order valence-corrected chi connectivity index (χ4v) is 2.61. The van der Waals surface area contributed by atoms with Crippen LogP contribution in [0, 0.1) is 10.1 Å². The van der Waals surface area contributed by atoms with E-state index in [9.17, 15) is 19.8 Å². The van der Waals surface area contributed by atoms with Crippen molar-refractivity contribution in [3.63, 3.8) is 0 Å². The highest BCUT2D eigenvalue weighted by molar-refractivity contribution is 7.76. The largest absolute Gasteiger partial charge is 0.870 e. The van der Waals surface area contributed by atoms with Crippen molar-refractivity contribution in [2.45, 2.75) is 0 Å². The van der Waals surface area contributed by atoms with Gasteiger partial charge in [-0.15, -0.1) is 0 Å². The van der Waals surface area contributed by atoms with Crippen LogP contribution in [0.25, 0.3) is 0 Å². The fraction of sp³-hybridized carbons (Fsp3) is 0.364. The number of hydrogen-bond donors (Lipinski definition) is 1. The Balaban J connectivity index is 0.00000324. The number of carbonyl (C=O) groups is 1. The highest BCUT2D eigenvalue weighted by Gasteiger charge is 2.24. The topological polar surface area (TPSA) is 110 Å². The first-order valence-electron chi connectivity index (χ1n) is 5.27. The maximum atomic E-state index is 11.8. The number of non-ortho nitro benzene ring substituents is 1. The van der Waals surface area contributed by atoms with Gasteiger partial charge in [-0.1, -0.05) is 0 Å². The molecule has 0 spiro atoms. The molecule has 7 nitrogen and oxygen atoms in total. The first kappa shape index (κ1) is 17.6. The van der Waals surface area contributed by atoms with Gasteiger partial charge in [-0.25, -0.2) is 0 Å². The standard InChI is InChI=1S/C11H16N2O4P.H2O/c1-13(2,3)8-11(14)18(17)10-6-4-9(5-7-10)12(15)16;/h4-7,17H,8H2,1-3H3;1H2/q+1;/p-1. The molecule has 0 heterocycles. The van der Waals surface area contributed by atoms with Gasteiger partial charge in [0.05, 0.1) is 26.1 Å². The van der Waals surface area contributed by atoms with Crippen LogP contribution in [0.15, 0.2) is 24.3 Å². The minimum Gasteiger partial charge on any atom is -0.870 e. The minimum absolute atomic E-state index is 0. The summed E-state index contributed by atoms with van der Waals surface area (Å²) in [6.07, 6.45) is 0. The number of quaternary nitrogens is 1. The molecule has 0 aliphatic rings. The average molecular weight is 288 g/mol. The first-order valence-corrected chi connectivity index (χ1v) is 6.57. The Morgan fingerprint density at radius 1 is 1.32 bits per heavy atom. The Morgan fingerprint density at radius 3 is 2.16 bits per heavy atom. The van der Waals surface area contributed by atoms with Crippen molar-refractivity contribution < 1.29 is 24.6 Å². The molecule has 1 aromatic carbocycles. The molecule has 0 aliphatic heterocycles. The third-order valence-corrected chi connectivity index (χ3v) is 3.55. The molecular formula is C11H17N2O5P. The molecule has 8 heteroatoms. The lowest BCUT2D eigenvalue weighted by molar-refractivity contribution is -0.861. The van der Waals surface area contributed by atoms with E-state index in [0.717, 1.165) is 0 Å². The number of nitro benzene ring substituents is 1. The zero-order chi connectivity index (χ0) is 13.9. The molecule has 1 aromatic rings. The Kier molecular flexibility index (Phi) is 6.18. The van der Waals surface area contributed by atoms with E-state index >= 15 is 0 Å². The van der Waals surface area contributed by atoms with Crippen molar-refractivity contribution in [2.24, 2.45) is 0 Å². The van der Waals surface area contributed by atoms with Crippen LogP contribution in [0.2, 0.25) is 0 Å².